The number of carbonyl (C=O) groups is 1. The van der Waals surface area contributed by atoms with Crippen LogP contribution in [-0.2, 0) is 21.1 Å². The lowest BCUT2D eigenvalue weighted by Crippen LogP contribution is -2.32. The van der Waals surface area contributed by atoms with Gasteiger partial charge in [0, 0.05) is 23.6 Å². The van der Waals surface area contributed by atoms with Gasteiger partial charge in [-0.1, -0.05) is 6.92 Å². The molecule has 0 saturated heterocycles. The molecule has 0 fully saturated rings. The van der Waals surface area contributed by atoms with Crippen molar-refractivity contribution >= 4 is 26.6 Å². The van der Waals surface area contributed by atoms with E-state index in [1.807, 2.05) is 0 Å². The Bertz CT molecular complexity index is 768. The summed E-state index contributed by atoms with van der Waals surface area (Å²) in [4.78, 5) is 14.7. The van der Waals surface area contributed by atoms with Crippen LogP contribution in [0.4, 0.5) is 4.39 Å². The minimum absolute atomic E-state index is 0.0160. The first-order valence-electron chi connectivity index (χ1n) is 7.14. The highest BCUT2D eigenvalue weighted by Crippen LogP contribution is 2.19. The monoisotopic (exact) mass is 326 g/mol. The van der Waals surface area contributed by atoms with E-state index in [1.165, 1.54) is 12.1 Å². The molecule has 0 bridgehead atoms. The number of H-pyrrole nitrogens is 1. The number of halogens is 1. The van der Waals surface area contributed by atoms with Gasteiger partial charge >= 0.3 is 0 Å². The third kappa shape index (κ3) is 4.30. The molecular formula is C15H19FN2O3S. The first kappa shape index (κ1) is 16.5. The zero-order valence-corrected chi connectivity index (χ0v) is 13.2. The van der Waals surface area contributed by atoms with Gasteiger partial charge in [-0.3, -0.25) is 4.79 Å². The van der Waals surface area contributed by atoms with Crippen molar-refractivity contribution in [2.45, 2.75) is 19.8 Å². The van der Waals surface area contributed by atoms with Gasteiger partial charge in [-0.15, -0.1) is 0 Å². The van der Waals surface area contributed by atoms with Crippen molar-refractivity contribution in [2.24, 2.45) is 0 Å². The van der Waals surface area contributed by atoms with Crippen molar-refractivity contribution in [1.82, 2.24) is 10.3 Å². The van der Waals surface area contributed by atoms with E-state index in [-0.39, 0.29) is 11.6 Å². The number of rotatable bonds is 7. The molecule has 0 aliphatic carbocycles. The molecule has 0 aliphatic rings. The van der Waals surface area contributed by atoms with E-state index in [1.54, 1.807) is 19.2 Å². The smallest absolute Gasteiger partial charge is 0.235 e. The first-order chi connectivity index (χ1) is 10.4. The van der Waals surface area contributed by atoms with E-state index in [4.69, 9.17) is 0 Å². The average molecular weight is 326 g/mol. The second-order valence-electron chi connectivity index (χ2n) is 5.20. The number of hydrogen-bond acceptors (Lipinski definition) is 3. The van der Waals surface area contributed by atoms with Crippen molar-refractivity contribution in [3.05, 3.63) is 35.8 Å². The van der Waals surface area contributed by atoms with Crippen LogP contribution in [0.15, 0.2) is 24.4 Å². The SMILES string of the molecule is CCCS(=O)(=O)CC(=O)NCCc1c[nH]c2ccc(F)cc12. The Morgan fingerprint density at radius 1 is 1.36 bits per heavy atom. The number of hydrogen-bond donors (Lipinski definition) is 2. The Labute approximate surface area is 128 Å². The zero-order chi connectivity index (χ0) is 16.2. The van der Waals surface area contributed by atoms with Crippen molar-refractivity contribution in [1.29, 1.82) is 0 Å². The summed E-state index contributed by atoms with van der Waals surface area (Å²) in [6.07, 6.45) is 2.77. The van der Waals surface area contributed by atoms with Crippen LogP contribution in [0.1, 0.15) is 18.9 Å². The summed E-state index contributed by atoms with van der Waals surface area (Å²) in [5.41, 5.74) is 1.71. The Morgan fingerprint density at radius 3 is 2.86 bits per heavy atom. The molecule has 22 heavy (non-hydrogen) atoms. The third-order valence-electron chi connectivity index (χ3n) is 3.31. The summed E-state index contributed by atoms with van der Waals surface area (Å²) in [6, 6.07) is 4.47. The molecule has 0 aliphatic heterocycles. The van der Waals surface area contributed by atoms with Gasteiger partial charge in [0.2, 0.25) is 5.91 Å². The van der Waals surface area contributed by atoms with E-state index >= 15 is 0 Å². The van der Waals surface area contributed by atoms with Crippen LogP contribution in [0.2, 0.25) is 0 Å². The van der Waals surface area contributed by atoms with Gasteiger partial charge in [-0.25, -0.2) is 12.8 Å². The summed E-state index contributed by atoms with van der Waals surface area (Å²) in [7, 11) is -3.32. The summed E-state index contributed by atoms with van der Waals surface area (Å²) in [6.45, 7) is 2.07. The molecule has 0 saturated carbocycles. The lowest BCUT2D eigenvalue weighted by Gasteiger charge is -2.05. The number of aromatic nitrogens is 1. The van der Waals surface area contributed by atoms with Crippen LogP contribution in [0.25, 0.3) is 10.9 Å². The van der Waals surface area contributed by atoms with Gasteiger partial charge in [0.1, 0.15) is 11.6 Å². The highest BCUT2D eigenvalue weighted by molar-refractivity contribution is 7.92. The molecule has 1 aromatic heterocycles. The largest absolute Gasteiger partial charge is 0.361 e. The maximum atomic E-state index is 13.3. The van der Waals surface area contributed by atoms with E-state index in [0.29, 0.717) is 19.4 Å². The molecule has 5 nitrogen and oxygen atoms in total. The van der Waals surface area contributed by atoms with Crippen LogP contribution in [0, 0.1) is 5.82 Å². The van der Waals surface area contributed by atoms with E-state index in [2.05, 4.69) is 10.3 Å². The normalized spacial score (nSPS) is 11.7. The molecule has 2 aromatic rings. The lowest BCUT2D eigenvalue weighted by atomic mass is 10.1. The Morgan fingerprint density at radius 2 is 2.14 bits per heavy atom. The summed E-state index contributed by atoms with van der Waals surface area (Å²) in [5.74, 6) is -1.28. The molecule has 1 aromatic carbocycles. The Hall–Kier alpha value is -1.89. The summed E-state index contributed by atoms with van der Waals surface area (Å²) < 4.78 is 36.3. The highest BCUT2D eigenvalue weighted by atomic mass is 32.2. The fourth-order valence-electron chi connectivity index (χ4n) is 2.33. The van der Waals surface area contributed by atoms with Crippen LogP contribution < -0.4 is 5.32 Å². The van der Waals surface area contributed by atoms with Crippen LogP contribution >= 0.6 is 0 Å². The maximum absolute atomic E-state index is 13.3. The quantitative estimate of drug-likeness (QED) is 0.814. The lowest BCUT2D eigenvalue weighted by molar-refractivity contribution is -0.118. The van der Waals surface area contributed by atoms with Crippen molar-refractivity contribution in [2.75, 3.05) is 18.1 Å². The highest BCUT2D eigenvalue weighted by Gasteiger charge is 2.15. The molecule has 0 spiro atoms. The Balaban J connectivity index is 1.90. The zero-order valence-electron chi connectivity index (χ0n) is 12.4. The number of nitrogens with one attached hydrogen (secondary N) is 2. The Kier molecular flexibility index (Phi) is 5.18. The van der Waals surface area contributed by atoms with Gasteiger partial charge in [0.15, 0.2) is 9.84 Å². The van der Waals surface area contributed by atoms with Crippen molar-refractivity contribution < 1.29 is 17.6 Å². The van der Waals surface area contributed by atoms with Gasteiger partial charge in [-0.05, 0) is 36.6 Å². The molecule has 1 amide bonds. The minimum Gasteiger partial charge on any atom is -0.361 e. The maximum Gasteiger partial charge on any atom is 0.235 e. The van der Waals surface area contributed by atoms with E-state index < -0.39 is 21.5 Å². The fraction of sp³-hybridized carbons (Fsp3) is 0.400. The molecule has 0 atom stereocenters. The van der Waals surface area contributed by atoms with Crippen LogP contribution in [0.5, 0.6) is 0 Å². The number of fused-ring (bicyclic) bond motifs is 1. The molecule has 0 unspecified atom stereocenters. The molecule has 1 heterocycles. The topological polar surface area (TPSA) is 79.0 Å². The van der Waals surface area contributed by atoms with Crippen LogP contribution in [-0.4, -0.2) is 37.4 Å². The predicted octanol–water partition coefficient (Wildman–Crippen LogP) is 1.79. The van der Waals surface area contributed by atoms with Crippen molar-refractivity contribution in [3.8, 4) is 0 Å². The second-order valence-corrected chi connectivity index (χ2v) is 7.38. The summed E-state index contributed by atoms with van der Waals surface area (Å²) >= 11 is 0. The third-order valence-corrected chi connectivity index (χ3v) is 5.04. The number of carbonyl (C=O) groups excluding carboxylic acids is 1. The number of benzene rings is 1. The van der Waals surface area contributed by atoms with Crippen LogP contribution in [0.3, 0.4) is 0 Å². The van der Waals surface area contributed by atoms with Gasteiger partial charge < -0.3 is 10.3 Å². The van der Waals surface area contributed by atoms with Gasteiger partial charge in [-0.2, -0.15) is 0 Å². The van der Waals surface area contributed by atoms with E-state index in [9.17, 15) is 17.6 Å². The number of aromatic amines is 1. The molecule has 2 N–H and O–H groups in total. The van der Waals surface area contributed by atoms with Crippen molar-refractivity contribution in [3.63, 3.8) is 0 Å². The van der Waals surface area contributed by atoms with Gasteiger partial charge in [0.25, 0.3) is 0 Å². The first-order valence-corrected chi connectivity index (χ1v) is 8.96. The molecule has 120 valence electrons. The summed E-state index contributed by atoms with van der Waals surface area (Å²) in [5, 5.41) is 3.36. The van der Waals surface area contributed by atoms with E-state index in [0.717, 1.165) is 16.5 Å². The molecular weight excluding hydrogens is 307 g/mol. The molecule has 0 radical (unpaired) electrons. The van der Waals surface area contributed by atoms with Gasteiger partial charge in [0.05, 0.1) is 5.75 Å². The molecule has 7 heteroatoms. The number of amides is 1. The minimum atomic E-state index is -3.32. The molecule has 2 rings (SSSR count). The fourth-order valence-corrected chi connectivity index (χ4v) is 3.60. The second kappa shape index (κ2) is 6.91. The standard InChI is InChI=1S/C15H19FN2O3S/c1-2-7-22(20,21)10-15(19)17-6-5-11-9-18-14-4-3-12(16)8-13(11)14/h3-4,8-9,18H,2,5-7,10H2,1H3,(H,17,19). The average Bonchev–Trinajstić information content (AvgIpc) is 2.80. The predicted molar refractivity (Wildman–Crippen MR) is 83.9 cm³/mol. The number of sulfone groups is 1.